The summed E-state index contributed by atoms with van der Waals surface area (Å²) in [6.45, 7) is 8.13. The molecule has 6 nitrogen and oxygen atoms in total. The molecule has 1 saturated heterocycles. The van der Waals surface area contributed by atoms with Crippen molar-refractivity contribution < 1.29 is 28.0 Å². The van der Waals surface area contributed by atoms with E-state index in [-0.39, 0.29) is 24.8 Å². The lowest BCUT2D eigenvalue weighted by atomic mass is 9.77. The minimum Gasteiger partial charge on any atom is -0.494 e. The lowest BCUT2D eigenvalue weighted by Gasteiger charge is -2.32. The molecular weight excluding hydrogens is 496 g/mol. The number of hydrogen-bond donors (Lipinski definition) is 1. The number of benzene rings is 3. The van der Waals surface area contributed by atoms with Crippen molar-refractivity contribution in [2.45, 2.75) is 44.8 Å². The van der Waals surface area contributed by atoms with E-state index in [1.165, 1.54) is 24.3 Å². The molecular formula is C31H33BFNO5. The van der Waals surface area contributed by atoms with Crippen LogP contribution < -0.4 is 10.1 Å². The van der Waals surface area contributed by atoms with Gasteiger partial charge < -0.3 is 24.1 Å². The second-order valence-corrected chi connectivity index (χ2v) is 10.9. The maximum Gasteiger partial charge on any atom is 0.492 e. The number of amides is 1. The fraction of sp³-hybridized carbons (Fsp3) is 0.323. The van der Waals surface area contributed by atoms with Crippen LogP contribution in [0.5, 0.6) is 5.75 Å². The molecule has 39 heavy (non-hydrogen) atoms. The zero-order valence-electron chi connectivity index (χ0n) is 22.9. The van der Waals surface area contributed by atoms with E-state index in [1.807, 2.05) is 52.0 Å². The molecule has 0 unspecified atom stereocenters. The highest BCUT2D eigenvalue weighted by Crippen LogP contribution is 2.44. The molecule has 0 saturated carbocycles. The summed E-state index contributed by atoms with van der Waals surface area (Å²) in [7, 11) is 0.691. The second-order valence-electron chi connectivity index (χ2n) is 10.9. The lowest BCUT2D eigenvalue weighted by Crippen LogP contribution is -2.41. The number of rotatable bonds is 7. The quantitative estimate of drug-likeness (QED) is 0.360. The minimum absolute atomic E-state index is 0.0384. The average Bonchev–Trinajstić information content (AvgIpc) is 3.34. The Kier molecular flexibility index (Phi) is 7.27. The Labute approximate surface area is 229 Å². The molecule has 1 heterocycles. The van der Waals surface area contributed by atoms with E-state index in [4.69, 9.17) is 18.8 Å². The zero-order valence-corrected chi connectivity index (χ0v) is 22.9. The maximum atomic E-state index is 14.4. The number of carbonyl (C=O) groups excluding carboxylic acids is 1. The number of hydrogen-bond acceptors (Lipinski definition) is 5. The molecule has 0 bridgehead atoms. The molecule has 3 aromatic rings. The normalized spacial score (nSPS) is 17.5. The third-order valence-electron chi connectivity index (χ3n) is 7.86. The fourth-order valence-electron chi connectivity index (χ4n) is 5.01. The first kappa shape index (κ1) is 27.0. The Balaban J connectivity index is 1.31. The first-order valence-electron chi connectivity index (χ1n) is 13.1. The minimum atomic E-state index is -0.728. The molecule has 1 aliphatic heterocycles. The lowest BCUT2D eigenvalue weighted by molar-refractivity contribution is 0.00578. The largest absolute Gasteiger partial charge is 0.494 e. The molecule has 1 amide bonds. The summed E-state index contributed by atoms with van der Waals surface area (Å²) in [5.74, 6) is -0.367. The van der Waals surface area contributed by atoms with Crippen LogP contribution >= 0.6 is 0 Å². The average molecular weight is 529 g/mol. The number of halogens is 1. The topological polar surface area (TPSA) is 66.0 Å². The Hall–Kier alpha value is -3.62. The second kappa shape index (κ2) is 10.5. The van der Waals surface area contributed by atoms with Crippen LogP contribution in [0.4, 0.5) is 9.18 Å². The number of ether oxygens (including phenoxy) is 2. The molecule has 8 heteroatoms. The maximum absolute atomic E-state index is 14.4. The van der Waals surface area contributed by atoms with Gasteiger partial charge in [0.25, 0.3) is 0 Å². The summed E-state index contributed by atoms with van der Waals surface area (Å²) < 4.78 is 37.6. The van der Waals surface area contributed by atoms with Gasteiger partial charge in [-0.15, -0.1) is 0 Å². The monoisotopic (exact) mass is 529 g/mol. The van der Waals surface area contributed by atoms with Crippen molar-refractivity contribution in [2.24, 2.45) is 0 Å². The molecule has 3 aromatic carbocycles. The summed E-state index contributed by atoms with van der Waals surface area (Å²) >= 11 is 0. The van der Waals surface area contributed by atoms with Crippen molar-refractivity contribution in [2.75, 3.05) is 20.3 Å². The summed E-state index contributed by atoms with van der Waals surface area (Å²) in [5, 5.41) is 2.84. The zero-order chi connectivity index (χ0) is 27.8. The Morgan fingerprint density at radius 2 is 1.56 bits per heavy atom. The van der Waals surface area contributed by atoms with E-state index in [9.17, 15) is 9.18 Å². The first-order chi connectivity index (χ1) is 18.6. The van der Waals surface area contributed by atoms with Crippen molar-refractivity contribution in [3.63, 3.8) is 0 Å². The van der Waals surface area contributed by atoms with Gasteiger partial charge >= 0.3 is 13.2 Å². The smallest absolute Gasteiger partial charge is 0.492 e. The van der Waals surface area contributed by atoms with Crippen LogP contribution in [0.3, 0.4) is 0 Å². The number of alkyl carbamates (subject to hydrolysis) is 1. The molecule has 1 fully saturated rings. The van der Waals surface area contributed by atoms with E-state index >= 15 is 0 Å². The SMILES string of the molecule is COc1ccc(C=C(CNC(=O)OCC2c3ccccc3-c3ccccc32)B2OC(C)(C)C(C)(C)O2)cc1F. The molecule has 0 spiro atoms. The Morgan fingerprint density at radius 3 is 2.13 bits per heavy atom. The van der Waals surface area contributed by atoms with Gasteiger partial charge in [-0.25, -0.2) is 9.18 Å². The summed E-state index contributed by atoms with van der Waals surface area (Å²) in [6, 6.07) is 21.1. The molecule has 202 valence electrons. The van der Waals surface area contributed by atoms with Crippen molar-refractivity contribution in [3.8, 4) is 16.9 Å². The fourth-order valence-corrected chi connectivity index (χ4v) is 5.01. The van der Waals surface area contributed by atoms with Gasteiger partial charge in [0.2, 0.25) is 0 Å². The molecule has 0 radical (unpaired) electrons. The van der Waals surface area contributed by atoms with Crippen molar-refractivity contribution in [3.05, 3.63) is 94.7 Å². The summed E-state index contributed by atoms with van der Waals surface area (Å²) in [6.07, 6.45) is 1.20. The van der Waals surface area contributed by atoms with E-state index in [1.54, 1.807) is 18.2 Å². The molecule has 1 aliphatic carbocycles. The predicted molar refractivity (Wildman–Crippen MR) is 150 cm³/mol. The van der Waals surface area contributed by atoms with E-state index in [0.29, 0.717) is 11.0 Å². The van der Waals surface area contributed by atoms with Gasteiger partial charge in [0.15, 0.2) is 11.6 Å². The van der Waals surface area contributed by atoms with Crippen LogP contribution in [0.15, 0.2) is 72.2 Å². The van der Waals surface area contributed by atoms with Gasteiger partial charge in [-0.3, -0.25) is 0 Å². The van der Waals surface area contributed by atoms with Crippen LogP contribution in [0.1, 0.15) is 50.3 Å². The number of carbonyl (C=O) groups is 1. The Morgan fingerprint density at radius 1 is 0.974 bits per heavy atom. The van der Waals surface area contributed by atoms with Crippen LogP contribution in [0, 0.1) is 5.82 Å². The van der Waals surface area contributed by atoms with E-state index in [2.05, 4.69) is 29.6 Å². The Bertz CT molecular complexity index is 1360. The van der Waals surface area contributed by atoms with Gasteiger partial charge in [-0.05, 0) is 73.1 Å². The van der Waals surface area contributed by atoms with E-state index < -0.39 is 30.2 Å². The van der Waals surface area contributed by atoms with E-state index in [0.717, 1.165) is 11.1 Å². The van der Waals surface area contributed by atoms with Crippen molar-refractivity contribution in [1.29, 1.82) is 0 Å². The predicted octanol–water partition coefficient (Wildman–Crippen LogP) is 6.39. The highest BCUT2D eigenvalue weighted by molar-refractivity contribution is 6.56. The number of methoxy groups -OCH3 is 1. The van der Waals surface area contributed by atoms with Gasteiger partial charge in [-0.1, -0.05) is 60.7 Å². The molecule has 1 N–H and O–H groups in total. The standard InChI is InChI=1S/C31H33BFNO5/c1-30(2)31(3,4)39-32(38-30)21(16-20-14-15-28(36-5)27(33)17-20)18-34-29(35)37-19-26-24-12-8-6-10-22(24)23-11-7-9-13-25(23)26/h6-17,26H,18-19H2,1-5H3,(H,34,35). The van der Waals surface area contributed by atoms with Gasteiger partial charge in [0.05, 0.1) is 18.3 Å². The van der Waals surface area contributed by atoms with Crippen molar-refractivity contribution in [1.82, 2.24) is 5.32 Å². The molecule has 5 rings (SSSR count). The third-order valence-corrected chi connectivity index (χ3v) is 7.86. The van der Waals surface area contributed by atoms with Crippen LogP contribution in [-0.4, -0.2) is 44.7 Å². The highest BCUT2D eigenvalue weighted by Gasteiger charge is 2.52. The number of fused-ring (bicyclic) bond motifs is 3. The van der Waals surface area contributed by atoms with Gasteiger partial charge in [0.1, 0.15) is 6.61 Å². The third kappa shape index (κ3) is 5.31. The van der Waals surface area contributed by atoms with Crippen LogP contribution in [0.2, 0.25) is 0 Å². The number of nitrogens with one attached hydrogen (secondary N) is 1. The summed E-state index contributed by atoms with van der Waals surface area (Å²) in [4.78, 5) is 12.9. The van der Waals surface area contributed by atoms with Gasteiger partial charge in [0, 0.05) is 12.5 Å². The highest BCUT2D eigenvalue weighted by atomic mass is 19.1. The van der Waals surface area contributed by atoms with Crippen molar-refractivity contribution >= 4 is 19.3 Å². The van der Waals surface area contributed by atoms with Crippen LogP contribution in [0.25, 0.3) is 17.2 Å². The first-order valence-corrected chi connectivity index (χ1v) is 13.1. The molecule has 2 aliphatic rings. The molecule has 0 aromatic heterocycles. The van der Waals surface area contributed by atoms with Gasteiger partial charge in [-0.2, -0.15) is 0 Å². The van der Waals surface area contributed by atoms with Crippen LogP contribution in [-0.2, 0) is 14.0 Å². The summed E-state index contributed by atoms with van der Waals surface area (Å²) in [5.41, 5.74) is 4.69. The molecule has 0 atom stereocenters.